The molecule has 4 nitrogen and oxygen atoms in total. The zero-order valence-electron chi connectivity index (χ0n) is 14.4. The minimum absolute atomic E-state index is 0.0916. The maximum Gasteiger partial charge on any atom is 0.223 e. The maximum absolute atomic E-state index is 12.8. The van der Waals surface area contributed by atoms with E-state index in [2.05, 4.69) is 0 Å². The number of likely N-dealkylation sites (tertiary alicyclic amines) is 1. The van der Waals surface area contributed by atoms with Gasteiger partial charge < -0.3 is 9.64 Å². The minimum atomic E-state index is 0.0916. The first kappa shape index (κ1) is 17.6. The van der Waals surface area contributed by atoms with Gasteiger partial charge in [0.1, 0.15) is 0 Å². The Labute approximate surface area is 148 Å². The van der Waals surface area contributed by atoms with E-state index in [1.54, 1.807) is 7.11 Å². The number of thiophene rings is 1. The number of amides is 1. The average Bonchev–Trinajstić information content (AvgIpc) is 3.26. The van der Waals surface area contributed by atoms with Crippen LogP contribution in [0.15, 0.2) is 17.5 Å². The number of ketones is 1. The standard InChI is InChI=1S/C19H27NO3S/c1-23-16-7-2-5-14(11-16)12-19(22)20-9-3-6-15(20)13-17(21)18-8-4-10-24-18/h4,8,10,14-16H,2-3,5-7,9,11-13H2,1H3/t14-,15-,16+/m0/s1. The lowest BCUT2D eigenvalue weighted by molar-refractivity contribution is -0.133. The van der Waals surface area contributed by atoms with E-state index in [1.165, 1.54) is 11.3 Å². The lowest BCUT2D eigenvalue weighted by atomic mass is 9.84. The lowest BCUT2D eigenvalue weighted by Crippen LogP contribution is -2.38. The van der Waals surface area contributed by atoms with Gasteiger partial charge in [-0.3, -0.25) is 9.59 Å². The molecule has 2 aliphatic rings. The molecule has 0 spiro atoms. The number of nitrogens with zero attached hydrogens (tertiary/aromatic N) is 1. The molecule has 24 heavy (non-hydrogen) atoms. The van der Waals surface area contributed by atoms with E-state index in [0.717, 1.165) is 49.9 Å². The summed E-state index contributed by atoms with van der Waals surface area (Å²) in [7, 11) is 1.77. The van der Waals surface area contributed by atoms with Crippen molar-refractivity contribution in [2.24, 2.45) is 5.92 Å². The van der Waals surface area contributed by atoms with Gasteiger partial charge in [0, 0.05) is 32.5 Å². The fraction of sp³-hybridized carbons (Fsp3) is 0.684. The van der Waals surface area contributed by atoms with Crippen molar-refractivity contribution in [1.82, 2.24) is 4.90 Å². The molecule has 5 heteroatoms. The van der Waals surface area contributed by atoms with Crippen molar-refractivity contribution in [3.05, 3.63) is 22.4 Å². The molecule has 2 heterocycles. The monoisotopic (exact) mass is 349 g/mol. The van der Waals surface area contributed by atoms with Crippen LogP contribution in [0.25, 0.3) is 0 Å². The fourth-order valence-electron chi connectivity index (χ4n) is 4.13. The number of ether oxygens (including phenoxy) is 1. The highest BCUT2D eigenvalue weighted by atomic mass is 32.1. The Hall–Kier alpha value is -1.20. The highest BCUT2D eigenvalue weighted by Crippen LogP contribution is 2.31. The topological polar surface area (TPSA) is 46.6 Å². The van der Waals surface area contributed by atoms with Crippen molar-refractivity contribution in [1.29, 1.82) is 0 Å². The number of hydrogen-bond acceptors (Lipinski definition) is 4. The molecule has 3 rings (SSSR count). The van der Waals surface area contributed by atoms with Crippen LogP contribution in [0.5, 0.6) is 0 Å². The molecule has 2 fully saturated rings. The van der Waals surface area contributed by atoms with Gasteiger partial charge in [-0.25, -0.2) is 0 Å². The van der Waals surface area contributed by atoms with E-state index in [0.29, 0.717) is 24.9 Å². The summed E-state index contributed by atoms with van der Waals surface area (Å²) in [6, 6.07) is 3.88. The van der Waals surface area contributed by atoms with E-state index in [-0.39, 0.29) is 17.7 Å². The number of hydrogen-bond donors (Lipinski definition) is 0. The largest absolute Gasteiger partial charge is 0.381 e. The van der Waals surface area contributed by atoms with Gasteiger partial charge in [0.2, 0.25) is 5.91 Å². The Morgan fingerprint density at radius 2 is 2.12 bits per heavy atom. The number of carbonyl (C=O) groups excluding carboxylic acids is 2. The normalized spacial score (nSPS) is 27.4. The Bertz CT molecular complexity index is 557. The summed E-state index contributed by atoms with van der Waals surface area (Å²) >= 11 is 1.49. The second-order valence-corrected chi connectivity index (χ2v) is 8.03. The molecule has 132 valence electrons. The molecular weight excluding hydrogens is 322 g/mol. The fourth-order valence-corrected chi connectivity index (χ4v) is 4.81. The predicted octanol–water partition coefficient (Wildman–Crippen LogP) is 3.91. The summed E-state index contributed by atoms with van der Waals surface area (Å²) in [5, 5.41) is 1.93. The van der Waals surface area contributed by atoms with Crippen LogP contribution in [-0.4, -0.2) is 42.4 Å². The van der Waals surface area contributed by atoms with Crippen LogP contribution >= 0.6 is 11.3 Å². The number of Topliss-reactive ketones (excluding diaryl/α,β-unsaturated/α-hetero) is 1. The third kappa shape index (κ3) is 4.25. The van der Waals surface area contributed by atoms with Gasteiger partial charge in [-0.1, -0.05) is 12.5 Å². The van der Waals surface area contributed by atoms with Gasteiger partial charge in [0.25, 0.3) is 0 Å². The molecule has 0 radical (unpaired) electrons. The first-order valence-electron chi connectivity index (χ1n) is 9.06. The van der Waals surface area contributed by atoms with Gasteiger partial charge in [-0.05, 0) is 49.5 Å². The van der Waals surface area contributed by atoms with Gasteiger partial charge in [0.15, 0.2) is 5.78 Å². The zero-order valence-corrected chi connectivity index (χ0v) is 15.2. The second kappa shape index (κ2) is 8.26. The van der Waals surface area contributed by atoms with Gasteiger partial charge in [-0.15, -0.1) is 11.3 Å². The van der Waals surface area contributed by atoms with Crippen molar-refractivity contribution in [3.8, 4) is 0 Å². The van der Waals surface area contributed by atoms with Crippen LogP contribution in [0.3, 0.4) is 0 Å². The maximum atomic E-state index is 12.8. The van der Waals surface area contributed by atoms with Crippen molar-refractivity contribution < 1.29 is 14.3 Å². The molecule has 0 unspecified atom stereocenters. The van der Waals surface area contributed by atoms with Gasteiger partial charge in [-0.2, -0.15) is 0 Å². The SMILES string of the molecule is CO[C@@H]1CCC[C@H](CC(=O)N2CCC[C@H]2CC(=O)c2cccs2)C1. The summed E-state index contributed by atoms with van der Waals surface area (Å²) in [4.78, 5) is 27.9. The van der Waals surface area contributed by atoms with Crippen molar-refractivity contribution in [2.45, 2.75) is 63.5 Å². The van der Waals surface area contributed by atoms with Crippen LogP contribution in [-0.2, 0) is 9.53 Å². The van der Waals surface area contributed by atoms with Crippen molar-refractivity contribution in [2.75, 3.05) is 13.7 Å². The average molecular weight is 349 g/mol. The molecule has 0 aromatic carbocycles. The van der Waals surface area contributed by atoms with E-state index >= 15 is 0 Å². The summed E-state index contributed by atoms with van der Waals surface area (Å²) in [6.07, 6.45) is 7.74. The zero-order chi connectivity index (χ0) is 16.9. The molecule has 1 aliphatic heterocycles. The Morgan fingerprint density at radius 1 is 1.25 bits per heavy atom. The second-order valence-electron chi connectivity index (χ2n) is 7.08. The molecular formula is C19H27NO3S. The third-order valence-electron chi connectivity index (χ3n) is 5.45. The van der Waals surface area contributed by atoms with Crippen LogP contribution in [0.2, 0.25) is 0 Å². The Morgan fingerprint density at radius 3 is 2.88 bits per heavy atom. The molecule has 1 aromatic rings. The molecule has 1 amide bonds. The summed E-state index contributed by atoms with van der Waals surface area (Å²) in [5.74, 6) is 0.843. The van der Waals surface area contributed by atoms with E-state index in [9.17, 15) is 9.59 Å². The van der Waals surface area contributed by atoms with Gasteiger partial charge >= 0.3 is 0 Å². The van der Waals surface area contributed by atoms with Crippen LogP contribution in [0, 0.1) is 5.92 Å². The molecule has 1 aliphatic carbocycles. The number of rotatable bonds is 6. The summed E-state index contributed by atoms with van der Waals surface area (Å²) < 4.78 is 5.48. The van der Waals surface area contributed by atoms with Crippen molar-refractivity contribution >= 4 is 23.0 Å². The predicted molar refractivity (Wildman–Crippen MR) is 95.4 cm³/mol. The Kier molecular flexibility index (Phi) is 6.06. The molecule has 1 saturated heterocycles. The summed E-state index contributed by atoms with van der Waals surface area (Å²) in [6.45, 7) is 0.807. The number of methoxy groups -OCH3 is 1. The quantitative estimate of drug-likeness (QED) is 0.732. The molecule has 3 atom stereocenters. The van der Waals surface area contributed by atoms with Crippen LogP contribution in [0.4, 0.5) is 0 Å². The van der Waals surface area contributed by atoms with Gasteiger partial charge in [0.05, 0.1) is 11.0 Å². The Balaban J connectivity index is 1.54. The smallest absolute Gasteiger partial charge is 0.223 e. The van der Waals surface area contributed by atoms with Crippen LogP contribution < -0.4 is 0 Å². The molecule has 1 saturated carbocycles. The first-order chi connectivity index (χ1) is 11.7. The van der Waals surface area contributed by atoms with E-state index in [1.807, 2.05) is 22.4 Å². The molecule has 0 bridgehead atoms. The highest BCUT2D eigenvalue weighted by molar-refractivity contribution is 7.12. The van der Waals surface area contributed by atoms with Crippen molar-refractivity contribution in [3.63, 3.8) is 0 Å². The molecule has 0 N–H and O–H groups in total. The lowest BCUT2D eigenvalue weighted by Gasteiger charge is -2.30. The highest BCUT2D eigenvalue weighted by Gasteiger charge is 2.33. The first-order valence-corrected chi connectivity index (χ1v) is 9.94. The minimum Gasteiger partial charge on any atom is -0.381 e. The van der Waals surface area contributed by atoms with E-state index < -0.39 is 0 Å². The van der Waals surface area contributed by atoms with E-state index in [4.69, 9.17) is 4.74 Å². The molecule has 1 aromatic heterocycles. The van der Waals surface area contributed by atoms with Crippen LogP contribution in [0.1, 0.15) is 61.0 Å². The number of carbonyl (C=O) groups is 2. The third-order valence-corrected chi connectivity index (χ3v) is 6.36. The summed E-state index contributed by atoms with van der Waals surface area (Å²) in [5.41, 5.74) is 0.